The Morgan fingerprint density at radius 3 is 2.52 bits per heavy atom. The number of pyridine rings is 1. The third kappa shape index (κ3) is 8.33. The van der Waals surface area contributed by atoms with Crippen molar-refractivity contribution in [3.05, 3.63) is 77.7 Å². The van der Waals surface area contributed by atoms with E-state index in [0.29, 0.717) is 36.8 Å². The molecule has 0 N–H and O–H groups in total. The van der Waals surface area contributed by atoms with E-state index in [9.17, 15) is 13.2 Å². The van der Waals surface area contributed by atoms with E-state index < -0.39 is 9.84 Å². The van der Waals surface area contributed by atoms with Crippen molar-refractivity contribution in [1.82, 2.24) is 14.6 Å². The second-order valence-corrected chi connectivity index (χ2v) is 12.2. The number of carbonyl (C=O) groups excluding carboxylic acids is 1. The summed E-state index contributed by atoms with van der Waals surface area (Å²) in [5.41, 5.74) is 5.45. The summed E-state index contributed by atoms with van der Waals surface area (Å²) in [5.74, 6) is 6.93. The molecule has 2 aromatic heterocycles. The number of fused-ring (bicyclic) bond motifs is 1. The molecule has 0 unspecified atom stereocenters. The van der Waals surface area contributed by atoms with E-state index in [0.717, 1.165) is 27.8 Å². The number of esters is 1. The number of rotatable bonds is 13. The summed E-state index contributed by atoms with van der Waals surface area (Å²) in [7, 11) is -3.01. The monoisotopic (exact) mass is 589 g/mol. The minimum Gasteiger partial charge on any atom is -0.494 e. The molecule has 10 heteroatoms. The van der Waals surface area contributed by atoms with Crippen molar-refractivity contribution in [2.45, 2.75) is 46.1 Å². The topological polar surface area (TPSA) is 109 Å². The zero-order valence-electron chi connectivity index (χ0n) is 24.3. The van der Waals surface area contributed by atoms with Crippen LogP contribution in [0.25, 0.3) is 16.8 Å². The Morgan fingerprint density at radius 2 is 1.83 bits per heavy atom. The number of aromatic nitrogens is 3. The van der Waals surface area contributed by atoms with Crippen LogP contribution in [0.15, 0.2) is 61.1 Å². The number of benzene rings is 2. The van der Waals surface area contributed by atoms with Crippen LogP contribution < -0.4 is 9.47 Å². The molecule has 9 nitrogen and oxygen atoms in total. The van der Waals surface area contributed by atoms with Crippen LogP contribution in [0.4, 0.5) is 0 Å². The van der Waals surface area contributed by atoms with Crippen LogP contribution >= 0.6 is 0 Å². The fraction of sp³-hybridized carbons (Fsp3) is 0.344. The lowest BCUT2D eigenvalue weighted by Gasteiger charge is -2.14. The second-order valence-electron chi connectivity index (χ2n) is 9.90. The molecular weight excluding hydrogens is 554 g/mol. The van der Waals surface area contributed by atoms with Gasteiger partial charge in [-0.15, -0.1) is 5.92 Å². The first kappa shape index (κ1) is 30.6. The van der Waals surface area contributed by atoms with Gasteiger partial charge in [-0.05, 0) is 74.2 Å². The van der Waals surface area contributed by atoms with E-state index in [1.807, 2.05) is 61.7 Å². The minimum atomic E-state index is -3.01. The predicted octanol–water partition coefficient (Wildman–Crippen LogP) is 5.16. The van der Waals surface area contributed by atoms with E-state index in [4.69, 9.17) is 14.2 Å². The van der Waals surface area contributed by atoms with Crippen LogP contribution in [0.3, 0.4) is 0 Å². The minimum absolute atomic E-state index is 0.0977. The molecule has 42 heavy (non-hydrogen) atoms. The predicted molar refractivity (Wildman–Crippen MR) is 161 cm³/mol. The summed E-state index contributed by atoms with van der Waals surface area (Å²) in [5, 5.41) is 4.35. The summed E-state index contributed by atoms with van der Waals surface area (Å²) in [4.78, 5) is 16.4. The normalized spacial score (nSPS) is 11.9. The van der Waals surface area contributed by atoms with Crippen LogP contribution in [-0.4, -0.2) is 54.2 Å². The fourth-order valence-electron chi connectivity index (χ4n) is 4.58. The molecule has 0 aliphatic rings. The molecule has 0 saturated carbocycles. The van der Waals surface area contributed by atoms with E-state index in [-0.39, 0.29) is 30.7 Å². The van der Waals surface area contributed by atoms with Crippen LogP contribution in [0, 0.1) is 18.8 Å². The lowest BCUT2D eigenvalue weighted by molar-refractivity contribution is -0.143. The van der Waals surface area contributed by atoms with Gasteiger partial charge in [0.1, 0.15) is 34.3 Å². The fourth-order valence-corrected chi connectivity index (χ4v) is 5.22. The lowest BCUT2D eigenvalue weighted by atomic mass is 9.96. The van der Waals surface area contributed by atoms with Crippen LogP contribution in [0.5, 0.6) is 11.5 Å². The summed E-state index contributed by atoms with van der Waals surface area (Å²) >= 11 is 0. The first-order valence-electron chi connectivity index (χ1n) is 13.7. The van der Waals surface area contributed by atoms with Gasteiger partial charge < -0.3 is 14.2 Å². The summed E-state index contributed by atoms with van der Waals surface area (Å²) in [6, 6.07) is 15.4. The van der Waals surface area contributed by atoms with E-state index in [1.165, 1.54) is 12.6 Å². The number of sulfone groups is 1. The lowest BCUT2D eigenvalue weighted by Crippen LogP contribution is -2.09. The maximum Gasteiger partial charge on any atom is 0.307 e. The van der Waals surface area contributed by atoms with Crippen molar-refractivity contribution in [3.8, 4) is 34.5 Å². The molecule has 0 saturated heterocycles. The summed E-state index contributed by atoms with van der Waals surface area (Å²) in [6.45, 7) is 6.49. The Kier molecular flexibility index (Phi) is 10.2. The van der Waals surface area contributed by atoms with E-state index in [2.05, 4.69) is 21.9 Å². The van der Waals surface area contributed by atoms with Crippen molar-refractivity contribution in [2.75, 3.05) is 25.2 Å². The average molecular weight is 590 g/mol. The van der Waals surface area contributed by atoms with Crippen molar-refractivity contribution >= 4 is 21.5 Å². The Labute approximate surface area is 246 Å². The summed E-state index contributed by atoms with van der Waals surface area (Å²) in [6.07, 6.45) is 5.30. The molecule has 4 rings (SSSR count). The van der Waals surface area contributed by atoms with Gasteiger partial charge in [0.2, 0.25) is 0 Å². The van der Waals surface area contributed by atoms with Gasteiger partial charge in [-0.25, -0.2) is 17.9 Å². The second kappa shape index (κ2) is 14.0. The molecule has 0 fully saturated rings. The molecule has 0 spiro atoms. The number of nitrogens with zero attached hydrogens (tertiary/aromatic N) is 3. The molecule has 4 aromatic rings. The Bertz CT molecular complexity index is 1700. The van der Waals surface area contributed by atoms with Gasteiger partial charge in [0.05, 0.1) is 31.3 Å². The first-order valence-corrected chi connectivity index (χ1v) is 15.8. The number of hydrogen-bond acceptors (Lipinski definition) is 8. The molecule has 0 radical (unpaired) electrons. The van der Waals surface area contributed by atoms with Crippen LogP contribution in [-0.2, 0) is 26.0 Å². The zero-order valence-corrected chi connectivity index (χ0v) is 25.1. The Hall–Kier alpha value is -4.36. The average Bonchev–Trinajstić information content (AvgIpc) is 3.43. The maximum absolute atomic E-state index is 12.0. The third-order valence-corrected chi connectivity index (χ3v) is 7.59. The SMILES string of the molecule is CC#C[C@@H](CC(=O)OCC)c1ccc(OCc2cc(-c3ccc(OCCCS(C)(=O)=O)cc3C)cn3ncnc23)cc1. The Balaban J connectivity index is 1.47. The highest BCUT2D eigenvalue weighted by molar-refractivity contribution is 7.90. The van der Waals surface area contributed by atoms with E-state index in [1.54, 1.807) is 18.4 Å². The van der Waals surface area contributed by atoms with Gasteiger partial charge in [-0.2, -0.15) is 5.10 Å². The highest BCUT2D eigenvalue weighted by atomic mass is 32.2. The number of ether oxygens (including phenoxy) is 3. The molecule has 2 heterocycles. The quantitative estimate of drug-likeness (QED) is 0.120. The maximum atomic E-state index is 12.0. The van der Waals surface area contributed by atoms with Gasteiger partial charge in [0.25, 0.3) is 0 Å². The molecule has 0 aliphatic heterocycles. The zero-order chi connectivity index (χ0) is 30.1. The van der Waals surface area contributed by atoms with Crippen molar-refractivity contribution < 1.29 is 27.4 Å². The van der Waals surface area contributed by atoms with Crippen molar-refractivity contribution in [3.63, 3.8) is 0 Å². The Morgan fingerprint density at radius 1 is 1.07 bits per heavy atom. The number of hydrogen-bond donors (Lipinski definition) is 0. The van der Waals surface area contributed by atoms with Gasteiger partial charge in [-0.3, -0.25) is 4.79 Å². The highest BCUT2D eigenvalue weighted by Gasteiger charge is 2.16. The van der Waals surface area contributed by atoms with Crippen molar-refractivity contribution in [2.24, 2.45) is 0 Å². The van der Waals surface area contributed by atoms with Crippen LogP contribution in [0.2, 0.25) is 0 Å². The molecular formula is C32H35N3O6S. The molecule has 0 amide bonds. The van der Waals surface area contributed by atoms with Crippen LogP contribution in [0.1, 0.15) is 49.3 Å². The van der Waals surface area contributed by atoms with E-state index >= 15 is 0 Å². The molecule has 0 bridgehead atoms. The van der Waals surface area contributed by atoms with Gasteiger partial charge >= 0.3 is 5.97 Å². The standard InChI is InChI=1S/C32H35N3O6S/c1-5-8-25(19-31(36)39-6-2)24-9-11-28(12-10-24)41-21-27-18-26(20-35-32(27)33-22-34-35)30-14-13-29(17-23(30)3)40-15-7-16-42(4,37)38/h9-14,17-18,20,22,25H,6-7,15-16,19,21H2,1-4H3/t25-/m0/s1. The molecule has 0 aliphatic carbocycles. The smallest absolute Gasteiger partial charge is 0.307 e. The van der Waals surface area contributed by atoms with Gasteiger partial charge in [0.15, 0.2) is 5.65 Å². The highest BCUT2D eigenvalue weighted by Crippen LogP contribution is 2.29. The number of carbonyl (C=O) groups is 1. The number of aryl methyl sites for hydroxylation is 1. The third-order valence-electron chi connectivity index (χ3n) is 6.56. The molecule has 1 atom stereocenters. The molecule has 220 valence electrons. The van der Waals surface area contributed by atoms with Gasteiger partial charge in [-0.1, -0.05) is 24.1 Å². The summed E-state index contributed by atoms with van der Waals surface area (Å²) < 4.78 is 41.4. The van der Waals surface area contributed by atoms with Crippen molar-refractivity contribution in [1.29, 1.82) is 0 Å². The molecule has 2 aromatic carbocycles. The largest absolute Gasteiger partial charge is 0.494 e. The first-order chi connectivity index (χ1) is 20.2. The van der Waals surface area contributed by atoms with Gasteiger partial charge in [0, 0.05) is 23.6 Å².